The minimum atomic E-state index is -0.396. The van der Waals surface area contributed by atoms with Crippen molar-refractivity contribution in [2.75, 3.05) is 31.2 Å². The van der Waals surface area contributed by atoms with Crippen LogP contribution in [-0.2, 0) is 4.74 Å². The van der Waals surface area contributed by atoms with Crippen molar-refractivity contribution in [3.05, 3.63) is 20.5 Å². The molecule has 1 fully saturated rings. The largest absolute Gasteiger partial charge is 0.378 e. The van der Waals surface area contributed by atoms with Crippen molar-refractivity contribution in [3.8, 4) is 0 Å². The fourth-order valence-electron chi connectivity index (χ4n) is 1.47. The van der Waals surface area contributed by atoms with Crippen LogP contribution in [0.3, 0.4) is 0 Å². The minimum absolute atomic E-state index is 0.0897. The topological polar surface area (TPSA) is 55.6 Å². The molecule has 1 aliphatic rings. The molecule has 0 bridgehead atoms. The summed E-state index contributed by atoms with van der Waals surface area (Å²) in [5.41, 5.74) is 0.0897. The van der Waals surface area contributed by atoms with Crippen molar-refractivity contribution in [2.24, 2.45) is 0 Å². The summed E-state index contributed by atoms with van der Waals surface area (Å²) in [6, 6.07) is 1.40. The first kappa shape index (κ1) is 10.7. The summed E-state index contributed by atoms with van der Waals surface area (Å²) in [6.45, 7) is 2.56. The zero-order valence-corrected chi connectivity index (χ0v) is 9.38. The number of rotatable bonds is 2. The van der Waals surface area contributed by atoms with Crippen molar-refractivity contribution in [3.63, 3.8) is 0 Å². The molecule has 0 unspecified atom stereocenters. The van der Waals surface area contributed by atoms with E-state index in [0.717, 1.165) is 0 Å². The van der Waals surface area contributed by atoms with Crippen molar-refractivity contribution in [2.45, 2.75) is 0 Å². The number of thiophene rings is 1. The van der Waals surface area contributed by atoms with Crippen LogP contribution in [0.2, 0.25) is 4.34 Å². The van der Waals surface area contributed by atoms with Crippen molar-refractivity contribution in [1.82, 2.24) is 0 Å². The Hall–Kier alpha value is -0.850. The number of nitrogens with zero attached hydrogens (tertiary/aromatic N) is 2. The van der Waals surface area contributed by atoms with Gasteiger partial charge in [0.25, 0.3) is 0 Å². The van der Waals surface area contributed by atoms with E-state index in [9.17, 15) is 10.1 Å². The van der Waals surface area contributed by atoms with E-state index in [-0.39, 0.29) is 5.69 Å². The van der Waals surface area contributed by atoms with E-state index in [1.54, 1.807) is 0 Å². The molecule has 0 aliphatic carbocycles. The predicted octanol–water partition coefficient (Wildman–Crippen LogP) is 2.15. The fraction of sp³-hybridized carbons (Fsp3) is 0.500. The lowest BCUT2D eigenvalue weighted by atomic mass is 10.4. The number of ether oxygens (including phenoxy) is 1. The summed E-state index contributed by atoms with van der Waals surface area (Å²) in [5, 5.41) is 11.4. The maximum Gasteiger partial charge on any atom is 0.305 e. The monoisotopic (exact) mass is 248 g/mol. The van der Waals surface area contributed by atoms with Gasteiger partial charge in [-0.2, -0.15) is 0 Å². The second-order valence-electron chi connectivity index (χ2n) is 3.10. The van der Waals surface area contributed by atoms with E-state index in [4.69, 9.17) is 16.3 Å². The smallest absolute Gasteiger partial charge is 0.305 e. The highest BCUT2D eigenvalue weighted by Gasteiger charge is 2.24. The molecule has 1 aliphatic heterocycles. The van der Waals surface area contributed by atoms with Gasteiger partial charge in [0, 0.05) is 19.2 Å². The van der Waals surface area contributed by atoms with Gasteiger partial charge in [0.15, 0.2) is 5.00 Å². The highest BCUT2D eigenvalue weighted by atomic mass is 35.5. The SMILES string of the molecule is O=[N+]([O-])c1cc(Cl)sc1N1CCOCC1. The Morgan fingerprint density at radius 2 is 2.20 bits per heavy atom. The molecule has 0 N–H and O–H groups in total. The second-order valence-corrected chi connectivity index (χ2v) is 4.76. The van der Waals surface area contributed by atoms with E-state index < -0.39 is 4.92 Å². The van der Waals surface area contributed by atoms with E-state index in [0.29, 0.717) is 35.6 Å². The van der Waals surface area contributed by atoms with E-state index in [1.807, 2.05) is 4.90 Å². The van der Waals surface area contributed by atoms with Gasteiger partial charge in [0.2, 0.25) is 0 Å². The summed E-state index contributed by atoms with van der Waals surface area (Å²) < 4.78 is 5.64. The van der Waals surface area contributed by atoms with Crippen LogP contribution in [0.1, 0.15) is 0 Å². The maximum atomic E-state index is 10.8. The zero-order valence-electron chi connectivity index (χ0n) is 7.81. The third kappa shape index (κ3) is 2.22. The van der Waals surface area contributed by atoms with Gasteiger partial charge >= 0.3 is 5.69 Å². The molecule has 0 saturated carbocycles. The third-order valence-corrected chi connectivity index (χ3v) is 3.47. The predicted molar refractivity (Wildman–Crippen MR) is 59.0 cm³/mol. The Morgan fingerprint density at radius 3 is 2.80 bits per heavy atom. The van der Waals surface area contributed by atoms with Crippen LogP contribution in [0.25, 0.3) is 0 Å². The summed E-state index contributed by atoms with van der Waals surface area (Å²) >= 11 is 7.03. The van der Waals surface area contributed by atoms with Crippen LogP contribution in [0.15, 0.2) is 6.07 Å². The molecule has 82 valence electrons. The number of morpholine rings is 1. The van der Waals surface area contributed by atoms with E-state index in [2.05, 4.69) is 0 Å². The molecule has 0 amide bonds. The van der Waals surface area contributed by atoms with Crippen LogP contribution < -0.4 is 4.90 Å². The highest BCUT2D eigenvalue weighted by molar-refractivity contribution is 7.20. The summed E-state index contributed by atoms with van der Waals surface area (Å²) in [4.78, 5) is 12.3. The summed E-state index contributed by atoms with van der Waals surface area (Å²) in [7, 11) is 0. The normalized spacial score (nSPS) is 16.7. The molecule has 2 heterocycles. The Kier molecular flexibility index (Phi) is 3.08. The highest BCUT2D eigenvalue weighted by Crippen LogP contribution is 2.40. The first-order valence-corrected chi connectivity index (χ1v) is 5.64. The number of hydrogen-bond donors (Lipinski definition) is 0. The summed E-state index contributed by atoms with van der Waals surface area (Å²) in [6.07, 6.45) is 0. The number of hydrogen-bond acceptors (Lipinski definition) is 5. The van der Waals surface area contributed by atoms with Crippen LogP contribution in [0.5, 0.6) is 0 Å². The lowest BCUT2D eigenvalue weighted by molar-refractivity contribution is -0.383. The minimum Gasteiger partial charge on any atom is -0.378 e. The lowest BCUT2D eigenvalue weighted by Crippen LogP contribution is -2.35. The average Bonchev–Trinajstić information content (AvgIpc) is 2.62. The van der Waals surface area contributed by atoms with Crippen LogP contribution in [0, 0.1) is 10.1 Å². The second kappa shape index (κ2) is 4.34. The van der Waals surface area contributed by atoms with Gasteiger partial charge in [-0.05, 0) is 0 Å². The Balaban J connectivity index is 2.28. The van der Waals surface area contributed by atoms with Gasteiger partial charge in [0.1, 0.15) is 4.34 Å². The molecular weight excluding hydrogens is 240 g/mol. The van der Waals surface area contributed by atoms with Gasteiger partial charge in [-0.15, -0.1) is 0 Å². The maximum absolute atomic E-state index is 10.8. The van der Waals surface area contributed by atoms with Gasteiger partial charge in [-0.1, -0.05) is 22.9 Å². The van der Waals surface area contributed by atoms with Crippen LogP contribution in [0.4, 0.5) is 10.7 Å². The lowest BCUT2D eigenvalue weighted by Gasteiger charge is -2.26. The standard InChI is InChI=1S/C8H9ClN2O3S/c9-7-5-6(11(12)13)8(15-7)10-1-3-14-4-2-10/h5H,1-4H2. The van der Waals surface area contributed by atoms with E-state index in [1.165, 1.54) is 17.4 Å². The third-order valence-electron chi connectivity index (χ3n) is 2.16. The first-order valence-electron chi connectivity index (χ1n) is 4.45. The molecule has 15 heavy (non-hydrogen) atoms. The Bertz CT molecular complexity index is 376. The molecule has 0 atom stereocenters. The van der Waals surface area contributed by atoms with Crippen LogP contribution in [-0.4, -0.2) is 31.2 Å². The Labute approximate surface area is 95.4 Å². The summed E-state index contributed by atoms with van der Waals surface area (Å²) in [5.74, 6) is 0. The van der Waals surface area contributed by atoms with Gasteiger partial charge in [0.05, 0.1) is 18.1 Å². The molecule has 1 aromatic rings. The molecule has 0 spiro atoms. The molecule has 5 nitrogen and oxygen atoms in total. The number of nitro groups is 1. The molecule has 1 saturated heterocycles. The first-order chi connectivity index (χ1) is 7.18. The van der Waals surface area contributed by atoms with Gasteiger partial charge in [-0.3, -0.25) is 10.1 Å². The molecule has 0 aromatic carbocycles. The molecular formula is C8H9ClN2O3S. The van der Waals surface area contributed by atoms with Crippen LogP contribution >= 0.6 is 22.9 Å². The average molecular weight is 249 g/mol. The van der Waals surface area contributed by atoms with Crippen molar-refractivity contribution in [1.29, 1.82) is 0 Å². The molecule has 0 radical (unpaired) electrons. The van der Waals surface area contributed by atoms with Gasteiger partial charge < -0.3 is 9.64 Å². The van der Waals surface area contributed by atoms with Crippen molar-refractivity contribution < 1.29 is 9.66 Å². The number of halogens is 1. The van der Waals surface area contributed by atoms with Gasteiger partial charge in [-0.25, -0.2) is 0 Å². The van der Waals surface area contributed by atoms with Crippen molar-refractivity contribution >= 4 is 33.6 Å². The molecule has 7 heteroatoms. The van der Waals surface area contributed by atoms with E-state index >= 15 is 0 Å². The number of anilines is 1. The zero-order chi connectivity index (χ0) is 10.8. The molecule has 1 aromatic heterocycles. The Morgan fingerprint density at radius 1 is 1.53 bits per heavy atom. The quantitative estimate of drug-likeness (QED) is 0.594. The molecule has 2 rings (SSSR count). The fourth-order valence-corrected chi connectivity index (χ4v) is 2.69.